The monoisotopic (exact) mass is 393 g/mol. The van der Waals surface area contributed by atoms with E-state index in [-0.39, 0.29) is 11.8 Å². The number of rotatable bonds is 6. The van der Waals surface area contributed by atoms with Crippen LogP contribution in [0.3, 0.4) is 0 Å². The van der Waals surface area contributed by atoms with Crippen molar-refractivity contribution >= 4 is 39.1 Å². The Morgan fingerprint density at radius 2 is 1.89 bits per heavy atom. The van der Waals surface area contributed by atoms with Crippen LogP contribution in [0.25, 0.3) is 10.2 Å². The number of likely N-dealkylation sites (tertiary alicyclic amines) is 1. The van der Waals surface area contributed by atoms with E-state index in [1.54, 1.807) is 17.4 Å². The number of nitrogens with zero attached hydrogens (tertiary/aromatic N) is 2. The summed E-state index contributed by atoms with van der Waals surface area (Å²) in [5, 5.41) is 3.98. The molecule has 2 heterocycles. The molecule has 144 valence electrons. The molecular weight excluding hydrogens is 370 g/mol. The zero-order chi connectivity index (χ0) is 19.3. The number of thiazole rings is 1. The molecule has 2 amide bonds. The number of anilines is 1. The first-order chi connectivity index (χ1) is 13.7. The van der Waals surface area contributed by atoms with Gasteiger partial charge in [0.25, 0.3) is 5.91 Å². The lowest BCUT2D eigenvalue weighted by atomic mass is 10.1. The maximum absolute atomic E-state index is 12.5. The van der Waals surface area contributed by atoms with Crippen LogP contribution < -0.4 is 5.32 Å². The smallest absolute Gasteiger partial charge is 0.253 e. The van der Waals surface area contributed by atoms with Crippen molar-refractivity contribution in [3.05, 3.63) is 59.1 Å². The summed E-state index contributed by atoms with van der Waals surface area (Å²) in [6.07, 6.45) is 4.10. The highest BCUT2D eigenvalue weighted by Crippen LogP contribution is 2.23. The number of hydrogen-bond donors (Lipinski definition) is 1. The van der Waals surface area contributed by atoms with Crippen LogP contribution in [-0.2, 0) is 11.2 Å². The molecule has 2 aromatic carbocycles. The van der Waals surface area contributed by atoms with Crippen molar-refractivity contribution in [2.75, 3.05) is 18.4 Å². The average Bonchev–Trinajstić information content (AvgIpc) is 3.37. The molecule has 28 heavy (non-hydrogen) atoms. The van der Waals surface area contributed by atoms with Gasteiger partial charge in [0.1, 0.15) is 0 Å². The number of nitrogens with one attached hydrogen (secondary N) is 1. The van der Waals surface area contributed by atoms with Crippen LogP contribution in [0.4, 0.5) is 5.69 Å². The molecule has 4 rings (SSSR count). The molecule has 0 unspecified atom stereocenters. The Morgan fingerprint density at radius 3 is 2.71 bits per heavy atom. The highest BCUT2D eigenvalue weighted by Gasteiger charge is 2.19. The Morgan fingerprint density at radius 1 is 1.07 bits per heavy atom. The van der Waals surface area contributed by atoms with E-state index in [9.17, 15) is 9.59 Å². The van der Waals surface area contributed by atoms with Crippen LogP contribution in [0.15, 0.2) is 48.5 Å². The molecule has 0 atom stereocenters. The molecule has 1 N–H and O–H groups in total. The van der Waals surface area contributed by atoms with Crippen molar-refractivity contribution in [2.45, 2.75) is 32.1 Å². The Labute approximate surface area is 168 Å². The second-order valence-electron chi connectivity index (χ2n) is 7.06. The topological polar surface area (TPSA) is 62.3 Å². The number of aryl methyl sites for hydroxylation is 1. The first-order valence-corrected chi connectivity index (χ1v) is 10.5. The van der Waals surface area contributed by atoms with Gasteiger partial charge in [-0.3, -0.25) is 9.59 Å². The van der Waals surface area contributed by atoms with E-state index in [4.69, 9.17) is 0 Å². The van der Waals surface area contributed by atoms with Crippen molar-refractivity contribution in [1.29, 1.82) is 0 Å². The second-order valence-corrected chi connectivity index (χ2v) is 8.17. The molecule has 3 aromatic rings. The molecule has 0 aliphatic carbocycles. The first kappa shape index (κ1) is 18.6. The summed E-state index contributed by atoms with van der Waals surface area (Å²) in [7, 11) is 0. The minimum atomic E-state index is -0.0353. The van der Waals surface area contributed by atoms with Crippen molar-refractivity contribution < 1.29 is 9.59 Å². The summed E-state index contributed by atoms with van der Waals surface area (Å²) in [5.74, 6) is 0.0105. The minimum absolute atomic E-state index is 0.0353. The third kappa shape index (κ3) is 4.39. The molecule has 6 heteroatoms. The largest absolute Gasteiger partial charge is 0.339 e. The van der Waals surface area contributed by atoms with Gasteiger partial charge in [-0.05, 0) is 56.0 Å². The second kappa shape index (κ2) is 8.52. The van der Waals surface area contributed by atoms with Crippen molar-refractivity contribution in [3.63, 3.8) is 0 Å². The van der Waals surface area contributed by atoms with Gasteiger partial charge in [-0.15, -0.1) is 11.3 Å². The number of aromatic nitrogens is 1. The van der Waals surface area contributed by atoms with Gasteiger partial charge in [-0.2, -0.15) is 0 Å². The lowest BCUT2D eigenvalue weighted by Crippen LogP contribution is -2.27. The molecule has 5 nitrogen and oxygen atoms in total. The number of benzene rings is 2. The molecule has 1 saturated heterocycles. The Balaban J connectivity index is 1.29. The summed E-state index contributed by atoms with van der Waals surface area (Å²) in [4.78, 5) is 31.3. The standard InChI is InChI=1S/C22H23N3O2S/c26-20(11-6-12-21-24-18-9-1-2-10-19(18)28-21)23-17-8-5-7-16(15-17)22(27)25-13-3-4-14-25/h1-2,5,7-10,15H,3-4,6,11-14H2,(H,23,26). The van der Waals surface area contributed by atoms with E-state index in [1.165, 1.54) is 4.70 Å². The Hall–Kier alpha value is -2.73. The van der Waals surface area contributed by atoms with Crippen molar-refractivity contribution in [3.8, 4) is 0 Å². The van der Waals surface area contributed by atoms with Crippen LogP contribution in [-0.4, -0.2) is 34.8 Å². The lowest BCUT2D eigenvalue weighted by Gasteiger charge is -2.15. The maximum atomic E-state index is 12.5. The molecular formula is C22H23N3O2S. The van der Waals surface area contributed by atoms with E-state index >= 15 is 0 Å². The van der Waals surface area contributed by atoms with Crippen LogP contribution in [0.2, 0.25) is 0 Å². The number of fused-ring (bicyclic) bond motifs is 1. The summed E-state index contributed by atoms with van der Waals surface area (Å²) in [6, 6.07) is 15.3. The van der Waals surface area contributed by atoms with Gasteiger partial charge >= 0.3 is 0 Å². The van der Waals surface area contributed by atoms with E-state index in [0.717, 1.165) is 49.3 Å². The number of hydrogen-bond acceptors (Lipinski definition) is 4. The fourth-order valence-electron chi connectivity index (χ4n) is 3.48. The average molecular weight is 394 g/mol. The highest BCUT2D eigenvalue weighted by atomic mass is 32.1. The molecule has 0 bridgehead atoms. The van der Waals surface area contributed by atoms with Gasteiger partial charge in [0.2, 0.25) is 5.91 Å². The van der Waals surface area contributed by atoms with Gasteiger partial charge < -0.3 is 10.2 Å². The van der Waals surface area contributed by atoms with E-state index in [2.05, 4.69) is 16.4 Å². The van der Waals surface area contributed by atoms with Gasteiger partial charge in [-0.1, -0.05) is 18.2 Å². The number of carbonyl (C=O) groups excluding carboxylic acids is 2. The zero-order valence-corrected chi connectivity index (χ0v) is 16.5. The van der Waals surface area contributed by atoms with Crippen LogP contribution >= 0.6 is 11.3 Å². The fourth-order valence-corrected chi connectivity index (χ4v) is 4.49. The summed E-state index contributed by atoms with van der Waals surface area (Å²) in [6.45, 7) is 1.64. The van der Waals surface area contributed by atoms with E-state index < -0.39 is 0 Å². The number of para-hydroxylation sites is 1. The van der Waals surface area contributed by atoms with E-state index in [1.807, 2.05) is 41.3 Å². The lowest BCUT2D eigenvalue weighted by molar-refractivity contribution is -0.116. The predicted molar refractivity (Wildman–Crippen MR) is 113 cm³/mol. The summed E-state index contributed by atoms with van der Waals surface area (Å²) < 4.78 is 1.18. The fraction of sp³-hybridized carbons (Fsp3) is 0.318. The Kier molecular flexibility index (Phi) is 5.67. The highest BCUT2D eigenvalue weighted by molar-refractivity contribution is 7.18. The molecule has 0 saturated carbocycles. The number of amides is 2. The molecule has 0 spiro atoms. The van der Waals surface area contributed by atoms with Crippen LogP contribution in [0.5, 0.6) is 0 Å². The van der Waals surface area contributed by atoms with Gasteiger partial charge in [0, 0.05) is 30.8 Å². The van der Waals surface area contributed by atoms with E-state index in [0.29, 0.717) is 17.7 Å². The number of carbonyl (C=O) groups is 2. The summed E-state index contributed by atoms with van der Waals surface area (Å²) in [5.41, 5.74) is 2.33. The predicted octanol–water partition coefficient (Wildman–Crippen LogP) is 4.49. The zero-order valence-electron chi connectivity index (χ0n) is 15.7. The van der Waals surface area contributed by atoms with Crippen molar-refractivity contribution in [2.24, 2.45) is 0 Å². The third-order valence-corrected chi connectivity index (χ3v) is 6.02. The van der Waals surface area contributed by atoms with Gasteiger partial charge in [0.15, 0.2) is 0 Å². The third-order valence-electron chi connectivity index (χ3n) is 4.92. The van der Waals surface area contributed by atoms with Gasteiger partial charge in [-0.25, -0.2) is 4.98 Å². The van der Waals surface area contributed by atoms with Crippen LogP contribution in [0.1, 0.15) is 41.0 Å². The van der Waals surface area contributed by atoms with Gasteiger partial charge in [0.05, 0.1) is 15.2 Å². The molecule has 1 aliphatic heterocycles. The molecule has 1 fully saturated rings. The molecule has 1 aromatic heterocycles. The minimum Gasteiger partial charge on any atom is -0.339 e. The Bertz CT molecular complexity index is 959. The normalized spacial score (nSPS) is 13.8. The first-order valence-electron chi connectivity index (χ1n) is 9.73. The molecule has 1 aliphatic rings. The van der Waals surface area contributed by atoms with Crippen LogP contribution in [0, 0.1) is 0 Å². The van der Waals surface area contributed by atoms with Crippen molar-refractivity contribution in [1.82, 2.24) is 9.88 Å². The quantitative estimate of drug-likeness (QED) is 0.671. The summed E-state index contributed by atoms with van der Waals surface area (Å²) >= 11 is 1.69. The molecule has 0 radical (unpaired) electrons. The maximum Gasteiger partial charge on any atom is 0.253 e. The SMILES string of the molecule is O=C(CCCc1nc2ccccc2s1)Nc1cccc(C(=O)N2CCCC2)c1.